The number of hydrogen-bond acceptors (Lipinski definition) is 5. The minimum absolute atomic E-state index is 0.238. The van der Waals surface area contributed by atoms with Gasteiger partial charge in [0.05, 0.1) is 12.8 Å². The molecule has 0 N–H and O–H groups in total. The lowest BCUT2D eigenvalue weighted by molar-refractivity contribution is -0.458. The molecule has 2 fully saturated rings. The molecule has 260 valence electrons. The van der Waals surface area contributed by atoms with Crippen LogP contribution in [0.2, 0.25) is 0 Å². The molecule has 5 nitrogen and oxygen atoms in total. The molecule has 1 heterocycles. The lowest BCUT2D eigenvalue weighted by Gasteiger charge is -2.42. The topological polar surface area (TPSA) is 91.3 Å². The van der Waals surface area contributed by atoms with Crippen LogP contribution in [0.25, 0.3) is 0 Å². The third-order valence-electron chi connectivity index (χ3n) is 6.50. The van der Waals surface area contributed by atoms with Gasteiger partial charge in [0.25, 0.3) is 0 Å². The number of carbonyl (C=O) groups excluding carboxylic acids is 2. The maximum absolute atomic E-state index is 13.0. The zero-order valence-corrected chi connectivity index (χ0v) is 22.9. The number of Topliss-reactive ketones (excluding diaryl/α,β-unsaturated/α-hetero) is 2. The Hall–Kier alpha value is -1.59. The Kier molecular flexibility index (Phi) is 11.5. The fraction of sp³-hybridized carbons (Fsp3) is 0.900. The van der Waals surface area contributed by atoms with Crippen molar-refractivity contribution >= 4 is 32.6 Å². The van der Waals surface area contributed by atoms with Crippen molar-refractivity contribution in [3.63, 3.8) is 0 Å². The molecule has 0 bridgehead atoms. The van der Waals surface area contributed by atoms with Gasteiger partial charge < -0.3 is 4.55 Å². The second-order valence-corrected chi connectivity index (χ2v) is 13.3. The summed E-state index contributed by atoms with van der Waals surface area (Å²) in [5.74, 6) is -48.1. The first-order chi connectivity index (χ1) is 19.3. The summed E-state index contributed by atoms with van der Waals surface area (Å²) < 4.78 is 244. The summed E-state index contributed by atoms with van der Waals surface area (Å²) in [5, 5.41) is -7.95. The van der Waals surface area contributed by atoms with Crippen LogP contribution in [0.15, 0.2) is 0 Å². The molecule has 0 aromatic heterocycles. The Bertz CT molecular complexity index is 1150. The first-order valence-corrected chi connectivity index (χ1v) is 14.7. The molecule has 0 aromatic rings. The van der Waals surface area contributed by atoms with E-state index in [1.807, 2.05) is 0 Å². The number of hydrogen-bond donors (Lipinski definition) is 0. The molecular formula is C20H19F17O5S2. The van der Waals surface area contributed by atoms with Crippen molar-refractivity contribution in [1.29, 1.82) is 0 Å². The van der Waals surface area contributed by atoms with Gasteiger partial charge in [-0.15, -0.1) is 0 Å². The summed E-state index contributed by atoms with van der Waals surface area (Å²) in [5.41, 5.74) is 0. The summed E-state index contributed by atoms with van der Waals surface area (Å²) >= 11 is 0. The lowest BCUT2D eigenvalue weighted by Crippen LogP contribution is -2.75. The largest absolute Gasteiger partial charge is 0.743 e. The van der Waals surface area contributed by atoms with Crippen LogP contribution in [-0.2, 0) is 30.6 Å². The molecule has 0 amide bonds. The van der Waals surface area contributed by atoms with Crippen LogP contribution in [0, 0.1) is 5.92 Å². The molecule has 44 heavy (non-hydrogen) atoms. The number of rotatable bonds is 10. The molecule has 0 unspecified atom stereocenters. The number of alkyl halides is 17. The van der Waals surface area contributed by atoms with Gasteiger partial charge in [-0.2, -0.15) is 74.6 Å². The van der Waals surface area contributed by atoms with Crippen LogP contribution < -0.4 is 0 Å². The monoisotopic (exact) mass is 726 g/mol. The van der Waals surface area contributed by atoms with E-state index in [9.17, 15) is 97.2 Å². The van der Waals surface area contributed by atoms with Gasteiger partial charge in [0.1, 0.15) is 17.3 Å². The highest BCUT2D eigenvalue weighted by molar-refractivity contribution is 7.97. The van der Waals surface area contributed by atoms with Gasteiger partial charge in [-0.1, -0.05) is 12.8 Å². The second kappa shape index (κ2) is 12.5. The van der Waals surface area contributed by atoms with E-state index < -0.39 is 57.1 Å². The van der Waals surface area contributed by atoms with Crippen molar-refractivity contribution in [1.82, 2.24) is 0 Å². The Morgan fingerprint density at radius 1 is 0.659 bits per heavy atom. The van der Waals surface area contributed by atoms with Crippen molar-refractivity contribution in [2.24, 2.45) is 5.92 Å². The average Bonchev–Trinajstić information content (AvgIpc) is 3.39. The fourth-order valence-electron chi connectivity index (χ4n) is 3.76. The van der Waals surface area contributed by atoms with Gasteiger partial charge in [-0.25, -0.2) is 8.42 Å². The number of ketones is 2. The van der Waals surface area contributed by atoms with Crippen LogP contribution in [0.5, 0.6) is 0 Å². The van der Waals surface area contributed by atoms with Crippen LogP contribution >= 0.6 is 0 Å². The Balaban J connectivity index is 0.000000532. The van der Waals surface area contributed by atoms with E-state index in [0.29, 0.717) is 17.5 Å². The molecule has 0 aromatic carbocycles. The van der Waals surface area contributed by atoms with Gasteiger partial charge in [0.2, 0.25) is 0 Å². The highest BCUT2D eigenvalue weighted by atomic mass is 32.2. The molecule has 1 aliphatic carbocycles. The predicted molar refractivity (Wildman–Crippen MR) is 114 cm³/mol. The highest BCUT2D eigenvalue weighted by Crippen LogP contribution is 2.64. The molecule has 24 heteroatoms. The molecule has 1 aliphatic heterocycles. The summed E-state index contributed by atoms with van der Waals surface area (Å²) in [6.45, 7) is 0. The van der Waals surface area contributed by atoms with Crippen LogP contribution in [0.3, 0.4) is 0 Å². The first kappa shape index (κ1) is 40.4. The van der Waals surface area contributed by atoms with Crippen LogP contribution in [0.4, 0.5) is 74.6 Å². The van der Waals surface area contributed by atoms with E-state index in [0.717, 1.165) is 42.9 Å². The van der Waals surface area contributed by atoms with Crippen molar-refractivity contribution in [2.75, 3.05) is 17.3 Å². The molecule has 2 rings (SSSR count). The van der Waals surface area contributed by atoms with E-state index in [1.54, 1.807) is 0 Å². The van der Waals surface area contributed by atoms with Gasteiger partial charge in [-0.05, 0) is 23.7 Å². The third-order valence-corrected chi connectivity index (χ3v) is 9.64. The molecule has 1 saturated carbocycles. The van der Waals surface area contributed by atoms with E-state index in [1.165, 1.54) is 12.8 Å². The van der Waals surface area contributed by atoms with Crippen molar-refractivity contribution in [3.8, 4) is 0 Å². The van der Waals surface area contributed by atoms with Gasteiger partial charge in [0.15, 0.2) is 21.7 Å². The summed E-state index contributed by atoms with van der Waals surface area (Å²) in [6, 6.07) is 0. The maximum atomic E-state index is 13.0. The standard InChI is InChI=1S/C12H19O2S.C8HF17O3S/c13-11-5-7-15(8-6-11)9-12(14)10-3-1-2-4-10;9-1(10,3(13,14)5(17,18)7(21,22)23)2(11,12)4(15,16)6(19,20)8(24,25)29(26,27)28/h10H,1-9H2;(H,26,27,28)/q+1;/p-1. The summed E-state index contributed by atoms with van der Waals surface area (Å²) in [4.78, 5) is 23.0. The minimum atomic E-state index is -8.92. The minimum Gasteiger partial charge on any atom is -0.743 e. The lowest BCUT2D eigenvalue weighted by atomic mass is 9.91. The highest BCUT2D eigenvalue weighted by Gasteiger charge is 2.95. The van der Waals surface area contributed by atoms with E-state index in [2.05, 4.69) is 0 Å². The Morgan fingerprint density at radius 2 is 1.00 bits per heavy atom. The Morgan fingerprint density at radius 3 is 1.34 bits per heavy atom. The third kappa shape index (κ3) is 6.89. The molecular weight excluding hydrogens is 707 g/mol. The van der Waals surface area contributed by atoms with Gasteiger partial charge in [-0.3, -0.25) is 9.59 Å². The normalized spacial score (nSPS) is 19.5. The van der Waals surface area contributed by atoms with Crippen LogP contribution in [0.1, 0.15) is 38.5 Å². The fourth-order valence-corrected chi connectivity index (χ4v) is 6.37. The zero-order valence-electron chi connectivity index (χ0n) is 21.2. The van der Waals surface area contributed by atoms with Crippen LogP contribution in [-0.4, -0.2) is 88.8 Å². The second-order valence-electron chi connectivity index (χ2n) is 9.57. The quantitative estimate of drug-likeness (QED) is 0.152. The smallest absolute Gasteiger partial charge is 0.460 e. The Labute approximate surface area is 239 Å². The zero-order chi connectivity index (χ0) is 35.2. The molecule has 0 spiro atoms. The van der Waals surface area contributed by atoms with E-state index in [4.69, 9.17) is 0 Å². The number of halogens is 17. The van der Waals surface area contributed by atoms with E-state index >= 15 is 0 Å². The summed E-state index contributed by atoms with van der Waals surface area (Å²) in [7, 11) is -7.91. The average molecular weight is 726 g/mol. The van der Waals surface area contributed by atoms with Gasteiger partial charge in [0, 0.05) is 5.92 Å². The molecule has 0 radical (unpaired) electrons. The van der Waals surface area contributed by atoms with E-state index in [-0.39, 0.29) is 10.9 Å². The molecule has 2 aliphatic rings. The van der Waals surface area contributed by atoms with Gasteiger partial charge >= 0.3 is 47.0 Å². The first-order valence-electron chi connectivity index (χ1n) is 11.6. The molecule has 1 saturated heterocycles. The van der Waals surface area contributed by atoms with Crippen molar-refractivity contribution in [3.05, 3.63) is 0 Å². The molecule has 0 atom stereocenters. The van der Waals surface area contributed by atoms with Crippen molar-refractivity contribution in [2.45, 2.75) is 85.5 Å². The summed E-state index contributed by atoms with van der Waals surface area (Å²) in [6.07, 6.45) is -1.73. The predicted octanol–water partition coefficient (Wildman–Crippen LogP) is 6.23. The number of carbonyl (C=O) groups is 2. The van der Waals surface area contributed by atoms with Crippen molar-refractivity contribution < 1.29 is 97.2 Å². The SMILES string of the molecule is O=C1CC[S+](CC(=O)C2CCCC2)CC1.O=S(=O)([O-])C(F)(F)C(F)(F)C(F)(F)C(F)(F)C(F)(F)C(F)(F)C(F)(F)C(F)(F)F. The maximum Gasteiger partial charge on any atom is 0.460 e.